The molecule has 9 heteroatoms. The third kappa shape index (κ3) is 4.80. The van der Waals surface area contributed by atoms with Gasteiger partial charge in [0.2, 0.25) is 10.0 Å². The molecular formula is C24H28ClN3O4S. The fourth-order valence-electron chi connectivity index (χ4n) is 4.04. The van der Waals surface area contributed by atoms with Crippen LogP contribution in [0.2, 0.25) is 0 Å². The monoisotopic (exact) mass is 489 g/mol. The lowest BCUT2D eigenvalue weighted by Gasteiger charge is -2.26. The molecule has 0 unspecified atom stereocenters. The van der Waals surface area contributed by atoms with Gasteiger partial charge in [0.15, 0.2) is 5.82 Å². The highest BCUT2D eigenvalue weighted by Crippen LogP contribution is 2.30. The summed E-state index contributed by atoms with van der Waals surface area (Å²) in [4.78, 5) is 4.97. The topological polar surface area (TPSA) is 73.7 Å². The van der Waals surface area contributed by atoms with Crippen LogP contribution in [-0.2, 0) is 21.3 Å². The summed E-state index contributed by atoms with van der Waals surface area (Å²) in [7, 11) is -1.96. The Kier molecular flexibility index (Phi) is 7.09. The molecule has 0 bridgehead atoms. The highest BCUT2D eigenvalue weighted by atomic mass is 35.5. The van der Waals surface area contributed by atoms with Gasteiger partial charge in [-0.2, -0.15) is 4.31 Å². The molecule has 0 aliphatic carbocycles. The van der Waals surface area contributed by atoms with Gasteiger partial charge in [-0.3, -0.25) is 0 Å². The summed E-state index contributed by atoms with van der Waals surface area (Å²) < 4.78 is 40.3. The number of imidazole rings is 1. The number of hydrogen-bond acceptors (Lipinski definition) is 5. The fraction of sp³-hybridized carbons (Fsp3) is 0.375. The quantitative estimate of drug-likeness (QED) is 0.487. The Morgan fingerprint density at radius 2 is 1.97 bits per heavy atom. The van der Waals surface area contributed by atoms with Crippen molar-refractivity contribution in [3.8, 4) is 5.75 Å². The average Bonchev–Trinajstić information content (AvgIpc) is 3.18. The molecular weight excluding hydrogens is 462 g/mol. The first-order valence-electron chi connectivity index (χ1n) is 11.0. The van der Waals surface area contributed by atoms with Gasteiger partial charge in [0, 0.05) is 19.6 Å². The Labute approximate surface area is 199 Å². The van der Waals surface area contributed by atoms with E-state index < -0.39 is 10.0 Å². The second-order valence-corrected chi connectivity index (χ2v) is 10.3. The first-order chi connectivity index (χ1) is 15.8. The van der Waals surface area contributed by atoms with E-state index in [1.807, 2.05) is 41.8 Å². The van der Waals surface area contributed by atoms with E-state index in [-0.39, 0.29) is 4.90 Å². The summed E-state index contributed by atoms with van der Waals surface area (Å²) in [5, 5.41) is 0.488. The van der Waals surface area contributed by atoms with E-state index >= 15 is 0 Å². The molecule has 0 saturated carbocycles. The molecule has 33 heavy (non-hydrogen) atoms. The average molecular weight is 490 g/mol. The molecule has 1 saturated heterocycles. The number of fused-ring (bicyclic) bond motifs is 1. The lowest BCUT2D eigenvalue weighted by Crippen LogP contribution is -2.40. The molecule has 0 N–H and O–H groups in total. The van der Waals surface area contributed by atoms with Gasteiger partial charge in [-0.15, -0.1) is 0 Å². The minimum atomic E-state index is -3.60. The smallest absolute Gasteiger partial charge is 0.243 e. The van der Waals surface area contributed by atoms with Crippen molar-refractivity contribution in [1.82, 2.24) is 13.9 Å². The van der Waals surface area contributed by atoms with Crippen LogP contribution in [0, 0.1) is 6.92 Å². The van der Waals surface area contributed by atoms with Gasteiger partial charge in [-0.1, -0.05) is 24.6 Å². The lowest BCUT2D eigenvalue weighted by molar-refractivity contribution is 0.0730. The number of rotatable bonds is 7. The summed E-state index contributed by atoms with van der Waals surface area (Å²) in [6, 6.07) is 10.9. The van der Waals surface area contributed by atoms with Crippen molar-refractivity contribution in [3.63, 3.8) is 0 Å². The van der Waals surface area contributed by atoms with E-state index in [9.17, 15) is 8.42 Å². The van der Waals surface area contributed by atoms with E-state index in [1.165, 1.54) is 4.31 Å². The van der Waals surface area contributed by atoms with Gasteiger partial charge in [-0.05, 0) is 60.9 Å². The Hall–Kier alpha value is -2.39. The van der Waals surface area contributed by atoms with Gasteiger partial charge in [0.1, 0.15) is 5.75 Å². The number of methoxy groups -OCH3 is 1. The molecule has 4 rings (SSSR count). The zero-order valence-corrected chi connectivity index (χ0v) is 20.6. The molecule has 1 fully saturated rings. The summed E-state index contributed by atoms with van der Waals surface area (Å²) in [6.45, 7) is 6.29. The SMILES string of the molecule is CCCn1c(/C(Cl)=C/c2ccc(OC)c(C)c2)nc2cc(S(=O)(=O)N3CCOCC3)ccc21. The van der Waals surface area contributed by atoms with Crippen molar-refractivity contribution in [2.24, 2.45) is 0 Å². The fourth-order valence-corrected chi connectivity index (χ4v) is 5.74. The number of sulfonamides is 1. The van der Waals surface area contributed by atoms with Crippen molar-refractivity contribution >= 4 is 43.8 Å². The maximum absolute atomic E-state index is 13.1. The maximum atomic E-state index is 13.1. The molecule has 0 radical (unpaired) electrons. The number of morpholine rings is 1. The minimum Gasteiger partial charge on any atom is -0.496 e. The normalized spacial score (nSPS) is 15.8. The van der Waals surface area contributed by atoms with Crippen molar-refractivity contribution in [1.29, 1.82) is 0 Å². The van der Waals surface area contributed by atoms with E-state index in [4.69, 9.17) is 26.1 Å². The highest BCUT2D eigenvalue weighted by Gasteiger charge is 2.27. The van der Waals surface area contributed by atoms with Gasteiger partial charge in [0.05, 0.1) is 41.3 Å². The number of halogens is 1. The van der Waals surface area contributed by atoms with Crippen molar-refractivity contribution in [2.75, 3.05) is 33.4 Å². The number of aryl methyl sites for hydroxylation is 2. The standard InChI is InChI=1S/C24H28ClN3O4S/c1-4-9-28-22-7-6-19(33(29,30)27-10-12-32-13-11-27)16-21(22)26-24(28)20(25)15-18-5-8-23(31-3)17(2)14-18/h5-8,14-16H,4,9-13H2,1-3H3/b20-15-. The second-order valence-electron chi connectivity index (χ2n) is 7.98. The third-order valence-electron chi connectivity index (χ3n) is 5.70. The Bertz CT molecular complexity index is 1290. The van der Waals surface area contributed by atoms with Crippen LogP contribution in [-0.4, -0.2) is 55.7 Å². The van der Waals surface area contributed by atoms with Gasteiger partial charge >= 0.3 is 0 Å². The van der Waals surface area contributed by atoms with Crippen LogP contribution < -0.4 is 4.74 Å². The minimum absolute atomic E-state index is 0.232. The summed E-state index contributed by atoms with van der Waals surface area (Å²) in [6.07, 6.45) is 2.75. The predicted octanol–water partition coefficient (Wildman–Crippen LogP) is 4.52. The molecule has 1 aliphatic heterocycles. The molecule has 1 aromatic heterocycles. The number of benzene rings is 2. The number of nitrogens with zero attached hydrogens (tertiary/aromatic N) is 3. The Balaban J connectivity index is 1.75. The predicted molar refractivity (Wildman–Crippen MR) is 131 cm³/mol. The number of aromatic nitrogens is 2. The first kappa shape index (κ1) is 23.8. The summed E-state index contributed by atoms with van der Waals surface area (Å²) >= 11 is 6.74. The zero-order valence-electron chi connectivity index (χ0n) is 19.0. The number of hydrogen-bond donors (Lipinski definition) is 0. The Morgan fingerprint density at radius 1 is 1.21 bits per heavy atom. The van der Waals surface area contributed by atoms with Gasteiger partial charge in [-0.25, -0.2) is 13.4 Å². The summed E-state index contributed by atoms with van der Waals surface area (Å²) in [5.74, 6) is 1.43. The van der Waals surface area contributed by atoms with Crippen LogP contribution in [0.1, 0.15) is 30.3 Å². The van der Waals surface area contributed by atoms with Crippen molar-refractivity contribution in [2.45, 2.75) is 31.7 Å². The molecule has 2 aromatic carbocycles. The van der Waals surface area contributed by atoms with Crippen LogP contribution in [0.25, 0.3) is 22.1 Å². The Morgan fingerprint density at radius 3 is 2.64 bits per heavy atom. The third-order valence-corrected chi connectivity index (χ3v) is 7.87. The highest BCUT2D eigenvalue weighted by molar-refractivity contribution is 7.89. The zero-order chi connectivity index (χ0) is 23.6. The molecule has 176 valence electrons. The molecule has 0 amide bonds. The molecule has 3 aromatic rings. The van der Waals surface area contributed by atoms with E-state index in [1.54, 1.807) is 19.2 Å². The van der Waals surface area contributed by atoms with Crippen LogP contribution in [0.5, 0.6) is 5.75 Å². The van der Waals surface area contributed by atoms with Crippen LogP contribution >= 0.6 is 11.6 Å². The van der Waals surface area contributed by atoms with E-state index in [2.05, 4.69) is 6.92 Å². The molecule has 2 heterocycles. The second kappa shape index (κ2) is 9.85. The summed E-state index contributed by atoms with van der Waals surface area (Å²) in [5.41, 5.74) is 3.40. The van der Waals surface area contributed by atoms with Crippen molar-refractivity contribution in [3.05, 3.63) is 53.3 Å². The molecule has 0 atom stereocenters. The number of ether oxygens (including phenoxy) is 2. The largest absolute Gasteiger partial charge is 0.496 e. The van der Waals surface area contributed by atoms with Gasteiger partial charge in [0.25, 0.3) is 0 Å². The molecule has 7 nitrogen and oxygen atoms in total. The van der Waals surface area contributed by atoms with Crippen LogP contribution in [0.3, 0.4) is 0 Å². The van der Waals surface area contributed by atoms with Crippen molar-refractivity contribution < 1.29 is 17.9 Å². The molecule has 0 spiro atoms. The first-order valence-corrected chi connectivity index (χ1v) is 12.8. The van der Waals surface area contributed by atoms with Gasteiger partial charge < -0.3 is 14.0 Å². The van der Waals surface area contributed by atoms with E-state index in [0.29, 0.717) is 49.2 Å². The maximum Gasteiger partial charge on any atom is 0.243 e. The van der Waals surface area contributed by atoms with Crippen LogP contribution in [0.15, 0.2) is 41.3 Å². The molecule has 1 aliphatic rings. The van der Waals surface area contributed by atoms with Crippen LogP contribution in [0.4, 0.5) is 0 Å². The lowest BCUT2D eigenvalue weighted by atomic mass is 10.1. The van der Waals surface area contributed by atoms with E-state index in [0.717, 1.165) is 28.8 Å².